The molecule has 4 nitrogen and oxygen atoms in total. The van der Waals surface area contributed by atoms with E-state index in [0.717, 1.165) is 23.4 Å². The monoisotopic (exact) mass is 421 g/mol. The molecule has 1 atom stereocenters. The third kappa shape index (κ3) is 5.17. The van der Waals surface area contributed by atoms with Gasteiger partial charge in [0.25, 0.3) is 0 Å². The van der Waals surface area contributed by atoms with E-state index in [4.69, 9.17) is 16.3 Å². The van der Waals surface area contributed by atoms with Gasteiger partial charge in [-0.15, -0.1) is 0 Å². The molecule has 152 valence electrons. The van der Waals surface area contributed by atoms with E-state index in [-0.39, 0.29) is 6.04 Å². The summed E-state index contributed by atoms with van der Waals surface area (Å²) in [5.41, 5.74) is 1.03. The second-order valence-electron chi connectivity index (χ2n) is 6.40. The first kappa shape index (κ1) is 20.9. The van der Waals surface area contributed by atoms with Gasteiger partial charge in [-0.3, -0.25) is 0 Å². The second-order valence-corrected chi connectivity index (χ2v) is 6.77. The first-order chi connectivity index (χ1) is 13.8. The molecule has 0 aliphatic heterocycles. The van der Waals surface area contributed by atoms with Crippen molar-refractivity contribution in [1.29, 1.82) is 0 Å². The molecule has 0 spiro atoms. The van der Waals surface area contributed by atoms with Gasteiger partial charge in [-0.25, -0.2) is 9.97 Å². The number of hydrogen-bond acceptors (Lipinski definition) is 4. The van der Waals surface area contributed by atoms with Crippen molar-refractivity contribution in [1.82, 2.24) is 9.97 Å². The first-order valence-corrected chi connectivity index (χ1v) is 9.36. The number of aromatic nitrogens is 2. The van der Waals surface area contributed by atoms with Gasteiger partial charge in [0, 0.05) is 6.04 Å². The van der Waals surface area contributed by atoms with Crippen LogP contribution in [0.5, 0.6) is 11.5 Å². The summed E-state index contributed by atoms with van der Waals surface area (Å²) in [5.74, 6) is 1.42. The maximum Gasteiger partial charge on any atom is 0.416 e. The molecule has 8 heteroatoms. The second kappa shape index (κ2) is 8.69. The average Bonchev–Trinajstić information content (AvgIpc) is 2.70. The molecule has 0 bridgehead atoms. The molecular formula is C21H19ClF3N3O. The molecule has 3 aromatic rings. The van der Waals surface area contributed by atoms with Gasteiger partial charge in [-0.05, 0) is 55.3 Å². The third-order valence-corrected chi connectivity index (χ3v) is 4.74. The number of anilines is 1. The maximum atomic E-state index is 12.6. The molecule has 0 aliphatic rings. The molecule has 3 rings (SSSR count). The van der Waals surface area contributed by atoms with Crippen LogP contribution in [0.2, 0.25) is 5.02 Å². The molecule has 1 N–H and O–H groups in total. The number of alkyl halides is 3. The minimum Gasteiger partial charge on any atom is -0.457 e. The summed E-state index contributed by atoms with van der Waals surface area (Å²) < 4.78 is 43.5. The number of aryl methyl sites for hydroxylation is 1. The van der Waals surface area contributed by atoms with Crippen molar-refractivity contribution in [2.45, 2.75) is 32.5 Å². The van der Waals surface area contributed by atoms with E-state index in [1.54, 1.807) is 12.1 Å². The highest BCUT2D eigenvalue weighted by molar-refractivity contribution is 6.33. The molecule has 0 radical (unpaired) electrons. The molecule has 1 unspecified atom stereocenters. The Bertz CT molecular complexity index is 960. The minimum absolute atomic E-state index is 0.0766. The Morgan fingerprint density at radius 2 is 1.59 bits per heavy atom. The Morgan fingerprint density at radius 3 is 2.14 bits per heavy atom. The fraction of sp³-hybridized carbons (Fsp3) is 0.238. The number of benzene rings is 2. The summed E-state index contributed by atoms with van der Waals surface area (Å²) >= 11 is 6.32. The highest BCUT2D eigenvalue weighted by Crippen LogP contribution is 2.32. The lowest BCUT2D eigenvalue weighted by molar-refractivity contribution is -0.137. The predicted octanol–water partition coefficient (Wildman–Crippen LogP) is 6.68. The van der Waals surface area contributed by atoms with Crippen molar-refractivity contribution in [2.24, 2.45) is 0 Å². The third-order valence-electron chi connectivity index (χ3n) is 4.35. The van der Waals surface area contributed by atoms with Crippen molar-refractivity contribution in [3.05, 3.63) is 76.7 Å². The molecule has 0 aliphatic carbocycles. The fourth-order valence-electron chi connectivity index (χ4n) is 2.71. The Morgan fingerprint density at radius 1 is 1.00 bits per heavy atom. The fourth-order valence-corrected chi connectivity index (χ4v) is 3.00. The molecule has 29 heavy (non-hydrogen) atoms. The topological polar surface area (TPSA) is 47.0 Å². The Labute approximate surface area is 171 Å². The zero-order valence-electron chi connectivity index (χ0n) is 15.8. The van der Waals surface area contributed by atoms with Gasteiger partial charge in [0.15, 0.2) is 0 Å². The van der Waals surface area contributed by atoms with E-state index >= 15 is 0 Å². The van der Waals surface area contributed by atoms with Crippen molar-refractivity contribution >= 4 is 17.4 Å². The Hall–Kier alpha value is -2.80. The van der Waals surface area contributed by atoms with Crippen LogP contribution in [0.15, 0.2) is 54.9 Å². The van der Waals surface area contributed by atoms with E-state index in [9.17, 15) is 13.2 Å². The molecule has 1 heterocycles. The molecular weight excluding hydrogens is 403 g/mol. The van der Waals surface area contributed by atoms with E-state index in [1.807, 2.05) is 26.0 Å². The molecule has 0 saturated heterocycles. The normalized spacial score (nSPS) is 12.5. The van der Waals surface area contributed by atoms with Crippen LogP contribution in [0.3, 0.4) is 0 Å². The minimum atomic E-state index is -4.37. The summed E-state index contributed by atoms with van der Waals surface area (Å²) in [6, 6.07) is 11.7. The molecule has 0 fully saturated rings. The van der Waals surface area contributed by atoms with E-state index in [2.05, 4.69) is 15.3 Å². The lowest BCUT2D eigenvalue weighted by Gasteiger charge is -2.17. The number of halogens is 4. The van der Waals surface area contributed by atoms with Crippen LogP contribution in [0.1, 0.15) is 36.7 Å². The van der Waals surface area contributed by atoms with Crippen LogP contribution in [0.4, 0.5) is 19.0 Å². The highest BCUT2D eigenvalue weighted by atomic mass is 35.5. The van der Waals surface area contributed by atoms with Gasteiger partial charge >= 0.3 is 6.18 Å². The summed E-state index contributed by atoms with van der Waals surface area (Å²) in [4.78, 5) is 8.34. The largest absolute Gasteiger partial charge is 0.457 e. The lowest BCUT2D eigenvalue weighted by Crippen LogP contribution is -2.09. The number of nitrogens with one attached hydrogen (secondary N) is 1. The first-order valence-electron chi connectivity index (χ1n) is 8.99. The van der Waals surface area contributed by atoms with Crippen LogP contribution < -0.4 is 10.1 Å². The summed E-state index contributed by atoms with van der Waals surface area (Å²) in [5, 5.41) is 3.76. The standard InChI is InChI=1S/C21H19ClF3N3O/c1-3-18-19(22)20(27-12-26-18)28-13(2)14-4-8-16(9-5-14)29-17-10-6-15(7-11-17)21(23,24)25/h4-13H,3H2,1-2H3,(H,26,27,28). The van der Waals surface area contributed by atoms with Crippen LogP contribution in [0, 0.1) is 0 Å². The SMILES string of the molecule is CCc1ncnc(NC(C)c2ccc(Oc3ccc(C(F)(F)F)cc3)cc2)c1Cl. The molecule has 2 aromatic carbocycles. The van der Waals surface area contributed by atoms with Gasteiger partial charge in [-0.2, -0.15) is 13.2 Å². The lowest BCUT2D eigenvalue weighted by atomic mass is 10.1. The van der Waals surface area contributed by atoms with Crippen LogP contribution >= 0.6 is 11.6 Å². The van der Waals surface area contributed by atoms with Gasteiger partial charge < -0.3 is 10.1 Å². The van der Waals surface area contributed by atoms with Gasteiger partial charge in [0.05, 0.1) is 11.3 Å². The predicted molar refractivity (Wildman–Crippen MR) is 106 cm³/mol. The maximum absolute atomic E-state index is 12.6. The van der Waals surface area contributed by atoms with Crippen molar-refractivity contribution in [3.63, 3.8) is 0 Å². The summed E-state index contributed by atoms with van der Waals surface area (Å²) in [6.07, 6.45) is -2.19. The van der Waals surface area contributed by atoms with Crippen LogP contribution in [-0.4, -0.2) is 9.97 Å². The number of rotatable bonds is 6. The van der Waals surface area contributed by atoms with Gasteiger partial charge in [-0.1, -0.05) is 30.7 Å². The van der Waals surface area contributed by atoms with Crippen molar-refractivity contribution in [2.75, 3.05) is 5.32 Å². The van der Waals surface area contributed by atoms with Crippen molar-refractivity contribution < 1.29 is 17.9 Å². The van der Waals surface area contributed by atoms with E-state index < -0.39 is 11.7 Å². The molecule has 0 saturated carbocycles. The summed E-state index contributed by atoms with van der Waals surface area (Å²) in [7, 11) is 0. The number of ether oxygens (including phenoxy) is 1. The zero-order chi connectivity index (χ0) is 21.0. The van der Waals surface area contributed by atoms with Crippen LogP contribution in [0.25, 0.3) is 0 Å². The smallest absolute Gasteiger partial charge is 0.416 e. The van der Waals surface area contributed by atoms with Crippen molar-refractivity contribution in [3.8, 4) is 11.5 Å². The average molecular weight is 422 g/mol. The van der Waals surface area contributed by atoms with E-state index in [0.29, 0.717) is 28.8 Å². The zero-order valence-corrected chi connectivity index (χ0v) is 16.6. The Kier molecular flexibility index (Phi) is 6.27. The number of nitrogens with zero attached hydrogens (tertiary/aromatic N) is 2. The quantitative estimate of drug-likeness (QED) is 0.482. The van der Waals surface area contributed by atoms with E-state index in [1.165, 1.54) is 18.5 Å². The number of hydrogen-bond donors (Lipinski definition) is 1. The van der Waals surface area contributed by atoms with Crippen LogP contribution in [-0.2, 0) is 12.6 Å². The Balaban J connectivity index is 1.67. The molecule has 0 amide bonds. The van der Waals surface area contributed by atoms with Gasteiger partial charge in [0.2, 0.25) is 0 Å². The molecule has 1 aromatic heterocycles. The van der Waals surface area contributed by atoms with Gasteiger partial charge in [0.1, 0.15) is 28.7 Å². The summed E-state index contributed by atoms with van der Waals surface area (Å²) in [6.45, 7) is 3.94. The highest BCUT2D eigenvalue weighted by Gasteiger charge is 2.30.